The van der Waals surface area contributed by atoms with Crippen LogP contribution in [0.3, 0.4) is 0 Å². The number of ether oxygens (including phenoxy) is 1. The summed E-state index contributed by atoms with van der Waals surface area (Å²) in [5.74, 6) is 1.16. The SMILES string of the molecule is COc1ccc(/C=N\NC(=O)c2ccnn2Cc2cccc(Br)c2)cc1CSc1ccccn1. The number of nitrogens with one attached hydrogen (secondary N) is 1. The van der Waals surface area contributed by atoms with Gasteiger partial charge in [-0.25, -0.2) is 10.4 Å². The highest BCUT2D eigenvalue weighted by Crippen LogP contribution is 2.27. The average molecular weight is 536 g/mol. The first kappa shape index (κ1) is 23.7. The van der Waals surface area contributed by atoms with E-state index in [0.717, 1.165) is 31.9 Å². The first-order valence-corrected chi connectivity index (χ1v) is 12.2. The number of hydrazone groups is 1. The van der Waals surface area contributed by atoms with Crippen LogP contribution in [0, 0.1) is 0 Å². The molecule has 0 unspecified atom stereocenters. The Morgan fingerprint density at radius 3 is 2.85 bits per heavy atom. The predicted octanol–water partition coefficient (Wildman–Crippen LogP) is 5.15. The summed E-state index contributed by atoms with van der Waals surface area (Å²) in [7, 11) is 1.65. The van der Waals surface area contributed by atoms with Crippen molar-refractivity contribution in [2.75, 3.05) is 7.11 Å². The van der Waals surface area contributed by atoms with Gasteiger partial charge in [-0.3, -0.25) is 9.48 Å². The number of benzene rings is 2. The zero-order chi connectivity index (χ0) is 23.8. The topological polar surface area (TPSA) is 81.4 Å². The molecule has 2 heterocycles. The Morgan fingerprint density at radius 2 is 2.06 bits per heavy atom. The molecule has 0 spiro atoms. The number of aromatic nitrogens is 3. The van der Waals surface area contributed by atoms with Crippen LogP contribution < -0.4 is 10.2 Å². The van der Waals surface area contributed by atoms with Crippen LogP contribution in [-0.2, 0) is 12.3 Å². The fourth-order valence-electron chi connectivity index (χ4n) is 3.26. The van der Waals surface area contributed by atoms with Gasteiger partial charge < -0.3 is 4.74 Å². The number of amides is 1. The molecule has 0 fully saturated rings. The molecule has 0 saturated heterocycles. The van der Waals surface area contributed by atoms with Crippen molar-refractivity contribution < 1.29 is 9.53 Å². The van der Waals surface area contributed by atoms with Crippen molar-refractivity contribution in [3.05, 3.63) is 106 Å². The summed E-state index contributed by atoms with van der Waals surface area (Å²) in [4.78, 5) is 17.0. The molecule has 7 nitrogen and oxygen atoms in total. The molecule has 2 aromatic heterocycles. The highest BCUT2D eigenvalue weighted by Gasteiger charge is 2.12. The van der Waals surface area contributed by atoms with Gasteiger partial charge in [-0.15, -0.1) is 11.8 Å². The van der Waals surface area contributed by atoms with Gasteiger partial charge in [0.15, 0.2) is 0 Å². The normalized spacial score (nSPS) is 11.0. The van der Waals surface area contributed by atoms with Crippen molar-refractivity contribution in [1.82, 2.24) is 20.2 Å². The maximum absolute atomic E-state index is 12.7. The van der Waals surface area contributed by atoms with Crippen molar-refractivity contribution >= 4 is 39.8 Å². The summed E-state index contributed by atoms with van der Waals surface area (Å²) in [6.07, 6.45) is 4.99. The summed E-state index contributed by atoms with van der Waals surface area (Å²) in [6.45, 7) is 0.481. The lowest BCUT2D eigenvalue weighted by atomic mass is 10.1. The Kier molecular flexibility index (Phi) is 8.11. The molecule has 1 N–H and O–H groups in total. The molecule has 4 aromatic rings. The number of methoxy groups -OCH3 is 1. The minimum atomic E-state index is -0.330. The van der Waals surface area contributed by atoms with Crippen LogP contribution in [0.1, 0.15) is 27.2 Å². The van der Waals surface area contributed by atoms with Crippen LogP contribution in [0.25, 0.3) is 0 Å². The quantitative estimate of drug-likeness (QED) is 0.182. The van der Waals surface area contributed by atoms with Gasteiger partial charge in [-0.05, 0) is 59.7 Å². The Hall–Kier alpha value is -3.43. The van der Waals surface area contributed by atoms with Gasteiger partial charge in [0.05, 0.1) is 24.9 Å². The molecule has 9 heteroatoms. The summed E-state index contributed by atoms with van der Waals surface area (Å²) < 4.78 is 8.11. The molecule has 172 valence electrons. The third-order valence-electron chi connectivity index (χ3n) is 4.87. The molecule has 0 saturated carbocycles. The molecule has 4 rings (SSSR count). The van der Waals surface area contributed by atoms with Crippen molar-refractivity contribution in [2.24, 2.45) is 5.10 Å². The highest BCUT2D eigenvalue weighted by molar-refractivity contribution is 9.10. The molecule has 0 aliphatic rings. The van der Waals surface area contributed by atoms with E-state index in [1.807, 2.05) is 60.7 Å². The number of nitrogens with zero attached hydrogens (tertiary/aromatic N) is 4. The molecular weight excluding hydrogens is 514 g/mol. The van der Waals surface area contributed by atoms with E-state index in [0.29, 0.717) is 18.0 Å². The molecule has 2 aromatic carbocycles. The zero-order valence-electron chi connectivity index (χ0n) is 18.4. The fraction of sp³-hybridized carbons (Fsp3) is 0.120. The van der Waals surface area contributed by atoms with Crippen molar-refractivity contribution in [2.45, 2.75) is 17.3 Å². The van der Waals surface area contributed by atoms with Crippen LogP contribution in [-0.4, -0.2) is 34.0 Å². The third kappa shape index (κ3) is 6.33. The van der Waals surface area contributed by atoms with Crippen molar-refractivity contribution in [1.29, 1.82) is 0 Å². The largest absolute Gasteiger partial charge is 0.496 e. The van der Waals surface area contributed by atoms with E-state index in [1.54, 1.807) is 48.2 Å². The number of hydrogen-bond acceptors (Lipinski definition) is 6. The van der Waals surface area contributed by atoms with Gasteiger partial charge in [-0.1, -0.05) is 34.1 Å². The number of halogens is 1. The van der Waals surface area contributed by atoms with Gasteiger partial charge >= 0.3 is 0 Å². The van der Waals surface area contributed by atoms with Gasteiger partial charge in [-0.2, -0.15) is 10.2 Å². The summed E-state index contributed by atoms with van der Waals surface area (Å²) in [5.41, 5.74) is 5.92. The Labute approximate surface area is 210 Å². The van der Waals surface area contributed by atoms with Crippen molar-refractivity contribution in [3.8, 4) is 5.75 Å². The second-order valence-corrected chi connectivity index (χ2v) is 9.14. The van der Waals surface area contributed by atoms with E-state index in [9.17, 15) is 4.79 Å². The lowest BCUT2D eigenvalue weighted by Crippen LogP contribution is -2.22. The number of pyridine rings is 1. The van der Waals surface area contributed by atoms with Gasteiger partial charge in [0.1, 0.15) is 11.4 Å². The number of hydrogen-bond donors (Lipinski definition) is 1. The molecular formula is C25H22BrN5O2S. The van der Waals surface area contributed by atoms with Crippen LogP contribution in [0.4, 0.5) is 0 Å². The summed E-state index contributed by atoms with van der Waals surface area (Å²) in [6, 6.07) is 21.2. The monoisotopic (exact) mass is 535 g/mol. The molecule has 0 radical (unpaired) electrons. The zero-order valence-corrected chi connectivity index (χ0v) is 20.8. The lowest BCUT2D eigenvalue weighted by molar-refractivity contribution is 0.0945. The Morgan fingerprint density at radius 1 is 1.15 bits per heavy atom. The van der Waals surface area contributed by atoms with E-state index < -0.39 is 0 Å². The van der Waals surface area contributed by atoms with E-state index in [-0.39, 0.29) is 5.91 Å². The smallest absolute Gasteiger partial charge is 0.289 e. The van der Waals surface area contributed by atoms with Crippen LogP contribution in [0.2, 0.25) is 0 Å². The second-order valence-electron chi connectivity index (χ2n) is 7.23. The van der Waals surface area contributed by atoms with E-state index in [2.05, 4.69) is 36.5 Å². The molecule has 1 amide bonds. The van der Waals surface area contributed by atoms with Crippen molar-refractivity contribution in [3.63, 3.8) is 0 Å². The number of rotatable bonds is 9. The molecule has 0 aliphatic heterocycles. The lowest BCUT2D eigenvalue weighted by Gasteiger charge is -2.09. The molecule has 0 atom stereocenters. The number of carbonyl (C=O) groups is 1. The standard InChI is InChI=1S/C25H22BrN5O2S/c1-33-23-9-8-18(13-20(23)17-34-24-7-2-3-11-27-24)15-28-30-25(32)22-10-12-29-31(22)16-19-5-4-6-21(26)14-19/h2-15H,16-17H2,1H3,(H,30,32)/b28-15-. The predicted molar refractivity (Wildman–Crippen MR) is 137 cm³/mol. The molecule has 34 heavy (non-hydrogen) atoms. The van der Waals surface area contributed by atoms with E-state index in [4.69, 9.17) is 4.74 Å². The van der Waals surface area contributed by atoms with Gasteiger partial charge in [0, 0.05) is 28.2 Å². The number of carbonyl (C=O) groups excluding carboxylic acids is 1. The molecule has 0 bridgehead atoms. The maximum Gasteiger partial charge on any atom is 0.289 e. The fourth-order valence-corrected chi connectivity index (χ4v) is 4.54. The first-order valence-electron chi connectivity index (χ1n) is 10.4. The maximum atomic E-state index is 12.7. The minimum absolute atomic E-state index is 0.330. The van der Waals surface area contributed by atoms with Crippen LogP contribution in [0.5, 0.6) is 5.75 Å². The Bertz CT molecular complexity index is 1290. The molecule has 0 aliphatic carbocycles. The van der Waals surface area contributed by atoms with E-state index >= 15 is 0 Å². The van der Waals surface area contributed by atoms with Crippen LogP contribution >= 0.6 is 27.7 Å². The van der Waals surface area contributed by atoms with E-state index in [1.165, 1.54) is 0 Å². The average Bonchev–Trinajstić information content (AvgIpc) is 3.31. The van der Waals surface area contributed by atoms with Gasteiger partial charge in [0.2, 0.25) is 0 Å². The first-order chi connectivity index (χ1) is 16.6. The third-order valence-corrected chi connectivity index (χ3v) is 6.35. The minimum Gasteiger partial charge on any atom is -0.496 e. The summed E-state index contributed by atoms with van der Waals surface area (Å²) >= 11 is 5.09. The number of thioether (sulfide) groups is 1. The highest BCUT2D eigenvalue weighted by atomic mass is 79.9. The summed E-state index contributed by atoms with van der Waals surface area (Å²) in [5, 5.41) is 9.35. The second kappa shape index (κ2) is 11.6. The Balaban J connectivity index is 1.40. The van der Waals surface area contributed by atoms with Gasteiger partial charge in [0.25, 0.3) is 5.91 Å². The van der Waals surface area contributed by atoms with Crippen LogP contribution in [0.15, 0.2) is 93.7 Å².